The SMILES string of the molecule is CN1CCC(NC(=O)CO/N=C2/C(=C3\C(=O)Nc4ccc(F)cc43)Nc3ccccc32)C1. The number of likely N-dealkylation sites (tertiary alicyclic amines) is 1. The molecule has 2 amide bonds. The van der Waals surface area contributed by atoms with Crippen LogP contribution in [-0.4, -0.2) is 55.2 Å². The lowest BCUT2D eigenvalue weighted by Crippen LogP contribution is -2.38. The van der Waals surface area contributed by atoms with Gasteiger partial charge in [-0.1, -0.05) is 23.4 Å². The lowest BCUT2D eigenvalue weighted by Gasteiger charge is -2.12. The molecule has 0 bridgehead atoms. The summed E-state index contributed by atoms with van der Waals surface area (Å²) >= 11 is 0. The second-order valence-corrected chi connectivity index (χ2v) is 8.09. The molecular weight excluding hydrogens is 413 g/mol. The van der Waals surface area contributed by atoms with E-state index in [4.69, 9.17) is 4.84 Å². The number of halogens is 1. The minimum absolute atomic E-state index is 0.101. The number of allylic oxidation sites excluding steroid dienone is 1. The van der Waals surface area contributed by atoms with E-state index in [1.807, 2.05) is 31.3 Å². The molecule has 1 atom stereocenters. The van der Waals surface area contributed by atoms with Crippen LogP contribution in [0.5, 0.6) is 0 Å². The number of fused-ring (bicyclic) bond motifs is 2. The molecule has 2 aromatic rings. The third-order valence-electron chi connectivity index (χ3n) is 5.76. The van der Waals surface area contributed by atoms with Crippen molar-refractivity contribution < 1.29 is 18.8 Å². The van der Waals surface area contributed by atoms with Crippen LogP contribution in [0.25, 0.3) is 5.57 Å². The number of carbonyl (C=O) groups excluding carboxylic acids is 2. The first-order valence-electron chi connectivity index (χ1n) is 10.4. The van der Waals surface area contributed by atoms with Gasteiger partial charge in [-0.2, -0.15) is 0 Å². The van der Waals surface area contributed by atoms with E-state index in [2.05, 4.69) is 26.0 Å². The maximum Gasteiger partial charge on any atom is 0.261 e. The molecule has 164 valence electrons. The molecule has 9 heteroatoms. The van der Waals surface area contributed by atoms with Crippen molar-refractivity contribution >= 4 is 34.5 Å². The van der Waals surface area contributed by atoms with Gasteiger partial charge in [0.25, 0.3) is 11.8 Å². The summed E-state index contributed by atoms with van der Waals surface area (Å²) in [7, 11) is 2.01. The van der Waals surface area contributed by atoms with Crippen molar-refractivity contribution in [2.24, 2.45) is 5.16 Å². The Kier molecular flexibility index (Phi) is 5.10. The summed E-state index contributed by atoms with van der Waals surface area (Å²) in [6.07, 6.45) is 0.898. The minimum Gasteiger partial charge on any atom is -0.385 e. The van der Waals surface area contributed by atoms with E-state index in [1.54, 1.807) is 0 Å². The van der Waals surface area contributed by atoms with E-state index in [0.29, 0.717) is 22.7 Å². The zero-order valence-corrected chi connectivity index (χ0v) is 17.4. The molecule has 0 aromatic heterocycles. The average molecular weight is 435 g/mol. The Morgan fingerprint density at radius 1 is 1.22 bits per heavy atom. The monoisotopic (exact) mass is 435 g/mol. The van der Waals surface area contributed by atoms with Crippen LogP contribution in [0.4, 0.5) is 15.8 Å². The van der Waals surface area contributed by atoms with Crippen molar-refractivity contribution in [3.8, 4) is 0 Å². The molecule has 2 aromatic carbocycles. The maximum absolute atomic E-state index is 13.9. The highest BCUT2D eigenvalue weighted by Crippen LogP contribution is 2.39. The van der Waals surface area contributed by atoms with Gasteiger partial charge in [-0.15, -0.1) is 0 Å². The van der Waals surface area contributed by atoms with Crippen LogP contribution in [0.1, 0.15) is 17.5 Å². The molecule has 32 heavy (non-hydrogen) atoms. The third kappa shape index (κ3) is 3.71. The standard InChI is InChI=1S/C23H22FN5O3/c1-29-9-8-14(11-29)25-19(30)12-32-28-21-15-4-2-3-5-17(15)26-22(21)20-16-10-13(24)6-7-18(16)27-23(20)31/h2-7,10,14,26H,8-9,11-12H2,1H3,(H,25,30)(H,27,31)/b22-20+,28-21+. The van der Waals surface area contributed by atoms with Crippen LogP contribution in [0, 0.1) is 5.82 Å². The Hall–Kier alpha value is -3.72. The number of rotatable bonds is 4. The number of oxime groups is 1. The zero-order valence-electron chi connectivity index (χ0n) is 17.4. The van der Waals surface area contributed by atoms with Gasteiger partial charge in [0.15, 0.2) is 6.61 Å². The van der Waals surface area contributed by atoms with Crippen molar-refractivity contribution in [3.05, 3.63) is 65.1 Å². The lowest BCUT2D eigenvalue weighted by atomic mass is 10.0. The number of nitrogens with one attached hydrogen (secondary N) is 3. The number of para-hydroxylation sites is 1. The molecule has 3 heterocycles. The summed E-state index contributed by atoms with van der Waals surface area (Å²) in [5.41, 5.74) is 3.51. The summed E-state index contributed by atoms with van der Waals surface area (Å²) in [6.45, 7) is 1.50. The van der Waals surface area contributed by atoms with Crippen LogP contribution in [-0.2, 0) is 14.4 Å². The van der Waals surface area contributed by atoms with Crippen LogP contribution < -0.4 is 16.0 Å². The molecule has 0 aliphatic carbocycles. The van der Waals surface area contributed by atoms with E-state index in [9.17, 15) is 14.0 Å². The first kappa shape index (κ1) is 20.2. The number of amides is 2. The van der Waals surface area contributed by atoms with Crippen LogP contribution in [0.2, 0.25) is 0 Å². The number of anilines is 2. The highest BCUT2D eigenvalue weighted by molar-refractivity contribution is 6.39. The predicted octanol–water partition coefficient (Wildman–Crippen LogP) is 2.16. The van der Waals surface area contributed by atoms with Gasteiger partial charge < -0.3 is 25.7 Å². The second kappa shape index (κ2) is 8.08. The predicted molar refractivity (Wildman–Crippen MR) is 119 cm³/mol. The number of benzene rings is 2. The largest absolute Gasteiger partial charge is 0.385 e. The second-order valence-electron chi connectivity index (χ2n) is 8.09. The van der Waals surface area contributed by atoms with Gasteiger partial charge >= 0.3 is 0 Å². The lowest BCUT2D eigenvalue weighted by molar-refractivity contribution is -0.126. The van der Waals surface area contributed by atoms with E-state index in [1.165, 1.54) is 18.2 Å². The van der Waals surface area contributed by atoms with Crippen molar-refractivity contribution in [2.45, 2.75) is 12.5 Å². The average Bonchev–Trinajstić information content (AvgIpc) is 3.42. The molecule has 1 unspecified atom stereocenters. The number of likely N-dealkylation sites (N-methyl/N-ethyl adjacent to an activating group) is 1. The molecule has 3 N–H and O–H groups in total. The minimum atomic E-state index is -0.446. The molecule has 0 saturated carbocycles. The molecule has 3 aliphatic heterocycles. The van der Waals surface area contributed by atoms with E-state index in [0.717, 1.165) is 30.8 Å². The Morgan fingerprint density at radius 2 is 2.03 bits per heavy atom. The topological polar surface area (TPSA) is 95.1 Å². The van der Waals surface area contributed by atoms with Crippen LogP contribution in [0.15, 0.2) is 53.3 Å². The molecule has 8 nitrogen and oxygen atoms in total. The van der Waals surface area contributed by atoms with Crippen LogP contribution in [0.3, 0.4) is 0 Å². The van der Waals surface area contributed by atoms with E-state index in [-0.39, 0.29) is 30.0 Å². The molecule has 3 aliphatic rings. The number of hydrogen-bond acceptors (Lipinski definition) is 6. The smallest absolute Gasteiger partial charge is 0.261 e. The summed E-state index contributed by atoms with van der Waals surface area (Å²) < 4.78 is 13.9. The summed E-state index contributed by atoms with van der Waals surface area (Å²) in [5, 5.41) is 13.1. The van der Waals surface area contributed by atoms with Crippen molar-refractivity contribution in [1.82, 2.24) is 10.2 Å². The van der Waals surface area contributed by atoms with Gasteiger partial charge in [-0.25, -0.2) is 4.39 Å². The van der Waals surface area contributed by atoms with E-state index < -0.39 is 5.82 Å². The highest BCUT2D eigenvalue weighted by Gasteiger charge is 2.34. The maximum atomic E-state index is 13.9. The molecule has 0 radical (unpaired) electrons. The zero-order chi connectivity index (χ0) is 22.2. The Balaban J connectivity index is 1.43. The fourth-order valence-electron chi connectivity index (χ4n) is 4.27. The fraction of sp³-hybridized carbons (Fsp3) is 0.261. The molecule has 5 rings (SSSR count). The van der Waals surface area contributed by atoms with Gasteiger partial charge in [0.1, 0.15) is 11.5 Å². The first-order chi connectivity index (χ1) is 15.5. The third-order valence-corrected chi connectivity index (χ3v) is 5.76. The molecule has 1 fully saturated rings. The van der Waals surface area contributed by atoms with E-state index >= 15 is 0 Å². The van der Waals surface area contributed by atoms with Gasteiger partial charge in [0.2, 0.25) is 0 Å². The van der Waals surface area contributed by atoms with Gasteiger partial charge in [0.05, 0.1) is 11.3 Å². The Bertz CT molecular complexity index is 1180. The van der Waals surface area contributed by atoms with Gasteiger partial charge in [-0.3, -0.25) is 9.59 Å². The van der Waals surface area contributed by atoms with Crippen LogP contribution >= 0.6 is 0 Å². The number of nitrogens with zero attached hydrogens (tertiary/aromatic N) is 2. The summed E-state index contributed by atoms with van der Waals surface area (Å²) in [4.78, 5) is 32.5. The van der Waals surface area contributed by atoms with Crippen molar-refractivity contribution in [3.63, 3.8) is 0 Å². The molecular formula is C23H22FN5O3. The van der Waals surface area contributed by atoms with Crippen molar-refractivity contribution in [2.75, 3.05) is 37.4 Å². The summed E-state index contributed by atoms with van der Waals surface area (Å²) in [6, 6.07) is 11.6. The first-order valence-corrected chi connectivity index (χ1v) is 10.4. The molecule has 1 saturated heterocycles. The summed E-state index contributed by atoms with van der Waals surface area (Å²) in [5.74, 6) is -1.07. The van der Waals surface area contributed by atoms with Gasteiger partial charge in [0, 0.05) is 35.1 Å². The Morgan fingerprint density at radius 3 is 2.84 bits per heavy atom. The fourth-order valence-corrected chi connectivity index (χ4v) is 4.27. The highest BCUT2D eigenvalue weighted by atomic mass is 19.1. The quantitative estimate of drug-likeness (QED) is 0.505. The number of carbonyl (C=O) groups is 2. The normalized spacial score (nSPS) is 23.0. The Labute approximate surface area is 184 Å². The van der Waals surface area contributed by atoms with Gasteiger partial charge in [-0.05, 0) is 44.3 Å². The molecule has 0 spiro atoms. The number of hydrogen-bond donors (Lipinski definition) is 3. The van der Waals surface area contributed by atoms with Crippen molar-refractivity contribution in [1.29, 1.82) is 0 Å².